The molecule has 1 N–H and O–H groups in total. The van der Waals surface area contributed by atoms with Gasteiger partial charge in [0.2, 0.25) is 0 Å². The van der Waals surface area contributed by atoms with Crippen LogP contribution < -0.4 is 5.32 Å². The van der Waals surface area contributed by atoms with Gasteiger partial charge in [0.25, 0.3) is 5.91 Å². The predicted molar refractivity (Wildman–Crippen MR) is 76.3 cm³/mol. The Morgan fingerprint density at radius 1 is 1.35 bits per heavy atom. The standard InChI is InChI=1S/C14H18BrNO4/c1-2-19-14(18)9-3-5-10(6-4-9)16-13(17)11-7-8-12(15)20-11/h7-10H,2-6H2,1H3,(H,16,17). The van der Waals surface area contributed by atoms with Gasteiger partial charge in [-0.2, -0.15) is 0 Å². The van der Waals surface area contributed by atoms with Crippen LogP contribution in [0.15, 0.2) is 21.2 Å². The van der Waals surface area contributed by atoms with Crippen LogP contribution in [-0.4, -0.2) is 24.5 Å². The molecule has 20 heavy (non-hydrogen) atoms. The van der Waals surface area contributed by atoms with Gasteiger partial charge in [-0.3, -0.25) is 9.59 Å². The van der Waals surface area contributed by atoms with Gasteiger partial charge in [0.05, 0.1) is 12.5 Å². The van der Waals surface area contributed by atoms with Crippen LogP contribution in [0.2, 0.25) is 0 Å². The second kappa shape index (κ2) is 6.92. The normalized spacial score (nSPS) is 22.3. The lowest BCUT2D eigenvalue weighted by Gasteiger charge is -2.27. The molecule has 1 heterocycles. The molecule has 2 rings (SSSR count). The van der Waals surface area contributed by atoms with Crippen molar-refractivity contribution in [2.45, 2.75) is 38.6 Å². The maximum Gasteiger partial charge on any atom is 0.308 e. The number of ether oxygens (including phenoxy) is 1. The van der Waals surface area contributed by atoms with Crippen molar-refractivity contribution in [2.75, 3.05) is 6.61 Å². The number of hydrogen-bond acceptors (Lipinski definition) is 4. The molecule has 1 amide bonds. The van der Waals surface area contributed by atoms with Gasteiger partial charge < -0.3 is 14.5 Å². The van der Waals surface area contributed by atoms with E-state index in [1.165, 1.54) is 0 Å². The Labute approximate surface area is 126 Å². The van der Waals surface area contributed by atoms with Crippen molar-refractivity contribution in [3.05, 3.63) is 22.6 Å². The summed E-state index contributed by atoms with van der Waals surface area (Å²) in [6.07, 6.45) is 3.09. The number of rotatable bonds is 4. The molecule has 110 valence electrons. The minimum absolute atomic E-state index is 0.0270. The third-order valence-corrected chi connectivity index (χ3v) is 3.91. The van der Waals surface area contributed by atoms with Crippen LogP contribution in [0.5, 0.6) is 0 Å². The molecule has 6 heteroatoms. The van der Waals surface area contributed by atoms with E-state index in [9.17, 15) is 9.59 Å². The fourth-order valence-electron chi connectivity index (χ4n) is 2.43. The Hall–Kier alpha value is -1.30. The lowest BCUT2D eigenvalue weighted by Crippen LogP contribution is -2.38. The summed E-state index contributed by atoms with van der Waals surface area (Å²) in [6, 6.07) is 3.41. The SMILES string of the molecule is CCOC(=O)C1CCC(NC(=O)c2ccc(Br)o2)CC1. The van der Waals surface area contributed by atoms with Crippen molar-refractivity contribution in [2.24, 2.45) is 5.92 Å². The van der Waals surface area contributed by atoms with E-state index in [0.717, 1.165) is 25.7 Å². The summed E-state index contributed by atoms with van der Waals surface area (Å²) in [7, 11) is 0. The second-order valence-corrected chi connectivity index (χ2v) is 5.66. The zero-order chi connectivity index (χ0) is 14.5. The van der Waals surface area contributed by atoms with Gasteiger partial charge >= 0.3 is 5.97 Å². The van der Waals surface area contributed by atoms with E-state index in [2.05, 4.69) is 21.2 Å². The molecule has 0 spiro atoms. The highest BCUT2D eigenvalue weighted by Crippen LogP contribution is 2.25. The fourth-order valence-corrected chi connectivity index (χ4v) is 2.73. The third kappa shape index (κ3) is 3.85. The Kier molecular flexibility index (Phi) is 5.23. The van der Waals surface area contributed by atoms with Crippen LogP contribution in [-0.2, 0) is 9.53 Å². The molecular formula is C14H18BrNO4. The van der Waals surface area contributed by atoms with Gasteiger partial charge in [-0.1, -0.05) is 0 Å². The van der Waals surface area contributed by atoms with Gasteiger partial charge in [0.15, 0.2) is 10.4 Å². The van der Waals surface area contributed by atoms with E-state index >= 15 is 0 Å². The van der Waals surface area contributed by atoms with Gasteiger partial charge in [0.1, 0.15) is 0 Å². The van der Waals surface area contributed by atoms with Crippen LogP contribution in [0.3, 0.4) is 0 Å². The van der Waals surface area contributed by atoms with Crippen LogP contribution >= 0.6 is 15.9 Å². The van der Waals surface area contributed by atoms with Crippen molar-refractivity contribution in [1.82, 2.24) is 5.32 Å². The number of nitrogens with one attached hydrogen (secondary N) is 1. The average molecular weight is 344 g/mol. The Morgan fingerprint density at radius 2 is 2.05 bits per heavy atom. The first-order valence-corrected chi connectivity index (χ1v) is 7.62. The molecule has 1 saturated carbocycles. The summed E-state index contributed by atoms with van der Waals surface area (Å²) >= 11 is 3.17. The first kappa shape index (κ1) is 15.1. The minimum atomic E-state index is -0.213. The Balaban J connectivity index is 1.80. The zero-order valence-electron chi connectivity index (χ0n) is 11.4. The monoisotopic (exact) mass is 343 g/mol. The molecule has 0 radical (unpaired) electrons. The van der Waals surface area contributed by atoms with Crippen molar-refractivity contribution < 1.29 is 18.7 Å². The minimum Gasteiger partial charge on any atom is -0.466 e. The molecule has 0 saturated heterocycles. The highest BCUT2D eigenvalue weighted by Gasteiger charge is 2.28. The lowest BCUT2D eigenvalue weighted by molar-refractivity contribution is -0.149. The zero-order valence-corrected chi connectivity index (χ0v) is 12.9. The molecular weight excluding hydrogens is 326 g/mol. The summed E-state index contributed by atoms with van der Waals surface area (Å²) in [6.45, 7) is 2.23. The molecule has 1 aliphatic carbocycles. The van der Waals surface area contributed by atoms with Crippen molar-refractivity contribution >= 4 is 27.8 Å². The maximum atomic E-state index is 11.9. The van der Waals surface area contributed by atoms with Gasteiger partial charge in [0, 0.05) is 6.04 Å². The molecule has 0 unspecified atom stereocenters. The average Bonchev–Trinajstić information content (AvgIpc) is 2.86. The molecule has 0 aromatic carbocycles. The molecule has 0 aliphatic heterocycles. The van der Waals surface area contributed by atoms with E-state index in [1.54, 1.807) is 12.1 Å². The second-order valence-electron chi connectivity index (χ2n) is 4.88. The molecule has 0 atom stereocenters. The van der Waals surface area contributed by atoms with E-state index in [-0.39, 0.29) is 23.8 Å². The third-order valence-electron chi connectivity index (χ3n) is 3.48. The quantitative estimate of drug-likeness (QED) is 0.853. The Bertz CT molecular complexity index is 477. The van der Waals surface area contributed by atoms with Crippen molar-refractivity contribution in [3.63, 3.8) is 0 Å². The molecule has 5 nitrogen and oxygen atoms in total. The number of carbonyl (C=O) groups is 2. The lowest BCUT2D eigenvalue weighted by atomic mass is 9.86. The van der Waals surface area contributed by atoms with E-state index < -0.39 is 0 Å². The number of esters is 1. The number of hydrogen-bond donors (Lipinski definition) is 1. The summed E-state index contributed by atoms with van der Waals surface area (Å²) in [5.74, 6) is -0.0622. The largest absolute Gasteiger partial charge is 0.466 e. The van der Waals surface area contributed by atoms with E-state index in [4.69, 9.17) is 9.15 Å². The highest BCUT2D eigenvalue weighted by molar-refractivity contribution is 9.10. The fraction of sp³-hybridized carbons (Fsp3) is 0.571. The van der Waals surface area contributed by atoms with Crippen molar-refractivity contribution in [3.8, 4) is 0 Å². The number of furan rings is 1. The summed E-state index contributed by atoms with van der Waals surface area (Å²) < 4.78 is 10.8. The predicted octanol–water partition coefficient (Wildman–Crippen LogP) is 2.89. The molecule has 1 aromatic heterocycles. The summed E-state index contributed by atoms with van der Waals surface area (Å²) in [5.41, 5.74) is 0. The van der Waals surface area contributed by atoms with Gasteiger partial charge in [-0.25, -0.2) is 0 Å². The molecule has 1 fully saturated rings. The van der Waals surface area contributed by atoms with Crippen LogP contribution in [0.4, 0.5) is 0 Å². The number of carbonyl (C=O) groups excluding carboxylic acids is 2. The number of halogens is 1. The maximum absolute atomic E-state index is 11.9. The summed E-state index contributed by atoms with van der Waals surface area (Å²) in [4.78, 5) is 23.5. The first-order valence-electron chi connectivity index (χ1n) is 6.83. The van der Waals surface area contributed by atoms with Crippen LogP contribution in [0.1, 0.15) is 43.2 Å². The smallest absolute Gasteiger partial charge is 0.308 e. The van der Waals surface area contributed by atoms with Crippen molar-refractivity contribution in [1.29, 1.82) is 0 Å². The molecule has 1 aliphatic rings. The van der Waals surface area contributed by atoms with E-state index in [1.807, 2.05) is 6.92 Å². The van der Waals surface area contributed by atoms with Crippen LogP contribution in [0, 0.1) is 5.92 Å². The topological polar surface area (TPSA) is 68.5 Å². The first-order chi connectivity index (χ1) is 9.60. The summed E-state index contributed by atoms with van der Waals surface area (Å²) in [5, 5.41) is 2.93. The highest BCUT2D eigenvalue weighted by atomic mass is 79.9. The van der Waals surface area contributed by atoms with Gasteiger partial charge in [-0.15, -0.1) is 0 Å². The molecule has 1 aromatic rings. The molecule has 0 bridgehead atoms. The van der Waals surface area contributed by atoms with Crippen LogP contribution in [0.25, 0.3) is 0 Å². The number of amides is 1. The Morgan fingerprint density at radius 3 is 2.60 bits per heavy atom. The van der Waals surface area contributed by atoms with E-state index in [0.29, 0.717) is 17.0 Å². The van der Waals surface area contributed by atoms with Gasteiger partial charge in [-0.05, 0) is 60.7 Å².